The Balaban J connectivity index is 2.08. The van der Waals surface area contributed by atoms with Gasteiger partial charge in [0.25, 0.3) is 0 Å². The van der Waals surface area contributed by atoms with Gasteiger partial charge in [0.2, 0.25) is 0 Å². The molecular weight excluding hydrogens is 186 g/mol. The minimum Gasteiger partial charge on any atom is -0.296 e. The van der Waals surface area contributed by atoms with Crippen LogP contribution in [-0.4, -0.2) is 12.1 Å². The first-order valence-corrected chi connectivity index (χ1v) is 5.53. The van der Waals surface area contributed by atoms with E-state index in [9.17, 15) is 0 Å². The van der Waals surface area contributed by atoms with Gasteiger partial charge in [0.1, 0.15) is 0 Å². The Labute approximate surface area is 92.6 Å². The molecule has 84 valence electrons. The van der Waals surface area contributed by atoms with Gasteiger partial charge in [0.05, 0.1) is 5.60 Å². The first-order valence-electron chi connectivity index (χ1n) is 5.53. The molecule has 0 aliphatic carbocycles. The first kappa shape index (κ1) is 12.2. The topological polar surface area (TPSA) is 21.3 Å². The van der Waals surface area contributed by atoms with Crippen LogP contribution in [0.5, 0.6) is 0 Å². The van der Waals surface area contributed by atoms with Crippen molar-refractivity contribution in [1.29, 1.82) is 0 Å². The molecule has 1 aromatic carbocycles. The van der Waals surface area contributed by atoms with Gasteiger partial charge in [-0.2, -0.15) is 0 Å². The monoisotopic (exact) mass is 207 g/mol. The molecule has 15 heavy (non-hydrogen) atoms. The lowest BCUT2D eigenvalue weighted by molar-refractivity contribution is -0.0724. The van der Waals surface area contributed by atoms with Crippen molar-refractivity contribution in [1.82, 2.24) is 5.48 Å². The molecule has 0 bridgehead atoms. The third-order valence-corrected chi connectivity index (χ3v) is 1.97. The molecule has 0 radical (unpaired) electrons. The van der Waals surface area contributed by atoms with Crippen molar-refractivity contribution in [2.75, 3.05) is 6.54 Å². The van der Waals surface area contributed by atoms with Gasteiger partial charge in [0.15, 0.2) is 0 Å². The van der Waals surface area contributed by atoms with E-state index in [1.807, 2.05) is 26.8 Å². The zero-order valence-electron chi connectivity index (χ0n) is 9.92. The maximum Gasteiger partial charge on any atom is 0.0812 e. The van der Waals surface area contributed by atoms with Crippen LogP contribution in [0.2, 0.25) is 0 Å². The van der Waals surface area contributed by atoms with E-state index >= 15 is 0 Å². The Kier molecular flexibility index (Phi) is 4.79. The van der Waals surface area contributed by atoms with Gasteiger partial charge in [-0.25, -0.2) is 5.48 Å². The summed E-state index contributed by atoms with van der Waals surface area (Å²) in [5, 5.41) is 0. The lowest BCUT2D eigenvalue weighted by atomic mass is 10.1. The fraction of sp³-hybridized carbons (Fsp3) is 0.538. The fourth-order valence-electron chi connectivity index (χ4n) is 1.28. The predicted octanol–water partition coefficient (Wildman–Crippen LogP) is 2.94. The maximum absolute atomic E-state index is 5.42. The number of rotatable bonds is 5. The highest BCUT2D eigenvalue weighted by Crippen LogP contribution is 2.04. The molecule has 0 saturated heterocycles. The van der Waals surface area contributed by atoms with Crippen molar-refractivity contribution in [3.05, 3.63) is 35.9 Å². The summed E-state index contributed by atoms with van der Waals surface area (Å²) < 4.78 is 0. The van der Waals surface area contributed by atoms with Crippen molar-refractivity contribution in [3.8, 4) is 0 Å². The van der Waals surface area contributed by atoms with Crippen molar-refractivity contribution < 1.29 is 4.84 Å². The highest BCUT2D eigenvalue weighted by atomic mass is 16.7. The Bertz CT molecular complexity index is 264. The number of hydrogen-bond donors (Lipinski definition) is 1. The van der Waals surface area contributed by atoms with Crippen LogP contribution in [0.15, 0.2) is 30.3 Å². The second-order valence-corrected chi connectivity index (χ2v) is 4.70. The number of hydrogen-bond acceptors (Lipinski definition) is 2. The summed E-state index contributed by atoms with van der Waals surface area (Å²) in [6, 6.07) is 10.5. The van der Waals surface area contributed by atoms with Crippen LogP contribution in [0.4, 0.5) is 0 Å². The van der Waals surface area contributed by atoms with Gasteiger partial charge in [-0.1, -0.05) is 30.3 Å². The maximum atomic E-state index is 5.42. The van der Waals surface area contributed by atoms with E-state index in [0.29, 0.717) is 0 Å². The summed E-state index contributed by atoms with van der Waals surface area (Å²) in [4.78, 5) is 5.42. The number of aryl methyl sites for hydroxylation is 1. The summed E-state index contributed by atoms with van der Waals surface area (Å²) in [5.74, 6) is 0. The highest BCUT2D eigenvalue weighted by molar-refractivity contribution is 5.14. The molecule has 0 fully saturated rings. The molecule has 2 heteroatoms. The average Bonchev–Trinajstić information content (AvgIpc) is 2.17. The molecule has 0 aliphatic heterocycles. The van der Waals surface area contributed by atoms with Crippen LogP contribution in [0.1, 0.15) is 32.8 Å². The van der Waals surface area contributed by atoms with E-state index in [1.54, 1.807) is 0 Å². The first-order chi connectivity index (χ1) is 7.08. The Hall–Kier alpha value is -0.860. The number of benzene rings is 1. The van der Waals surface area contributed by atoms with Gasteiger partial charge in [0, 0.05) is 6.54 Å². The van der Waals surface area contributed by atoms with Crippen molar-refractivity contribution in [3.63, 3.8) is 0 Å². The molecule has 0 saturated carbocycles. The smallest absolute Gasteiger partial charge is 0.0812 e. The summed E-state index contributed by atoms with van der Waals surface area (Å²) in [7, 11) is 0. The Morgan fingerprint density at radius 2 is 1.80 bits per heavy atom. The van der Waals surface area contributed by atoms with Crippen LogP contribution in [0.3, 0.4) is 0 Å². The van der Waals surface area contributed by atoms with E-state index in [2.05, 4.69) is 29.7 Å². The molecule has 0 heterocycles. The second-order valence-electron chi connectivity index (χ2n) is 4.70. The highest BCUT2D eigenvalue weighted by Gasteiger charge is 2.09. The van der Waals surface area contributed by atoms with Crippen LogP contribution < -0.4 is 5.48 Å². The van der Waals surface area contributed by atoms with Gasteiger partial charge < -0.3 is 0 Å². The van der Waals surface area contributed by atoms with Gasteiger partial charge in [-0.15, -0.1) is 0 Å². The van der Waals surface area contributed by atoms with E-state index in [4.69, 9.17) is 4.84 Å². The largest absolute Gasteiger partial charge is 0.296 e. The lowest BCUT2D eigenvalue weighted by Crippen LogP contribution is -2.29. The van der Waals surface area contributed by atoms with Crippen LogP contribution >= 0.6 is 0 Å². The second kappa shape index (κ2) is 5.89. The summed E-state index contributed by atoms with van der Waals surface area (Å²) in [6.45, 7) is 7.01. The van der Waals surface area contributed by atoms with E-state index in [1.165, 1.54) is 5.56 Å². The normalized spacial score (nSPS) is 11.7. The molecule has 0 aliphatic rings. The molecule has 2 nitrogen and oxygen atoms in total. The fourth-order valence-corrected chi connectivity index (χ4v) is 1.28. The van der Waals surface area contributed by atoms with Crippen molar-refractivity contribution in [2.45, 2.75) is 39.2 Å². The molecule has 0 atom stereocenters. The molecule has 0 amide bonds. The Morgan fingerprint density at radius 1 is 1.13 bits per heavy atom. The summed E-state index contributed by atoms with van der Waals surface area (Å²) >= 11 is 0. The molecule has 1 aromatic rings. The van der Waals surface area contributed by atoms with Gasteiger partial charge in [-0.3, -0.25) is 4.84 Å². The minimum atomic E-state index is -0.104. The van der Waals surface area contributed by atoms with Crippen molar-refractivity contribution >= 4 is 0 Å². The summed E-state index contributed by atoms with van der Waals surface area (Å²) in [5.41, 5.74) is 4.28. The third-order valence-electron chi connectivity index (χ3n) is 1.97. The zero-order chi connectivity index (χ0) is 11.1. The minimum absolute atomic E-state index is 0.104. The third kappa shape index (κ3) is 6.26. The van der Waals surface area contributed by atoms with Gasteiger partial charge in [-0.05, 0) is 39.2 Å². The van der Waals surface area contributed by atoms with Crippen LogP contribution in [-0.2, 0) is 11.3 Å². The molecule has 1 rings (SSSR count). The van der Waals surface area contributed by atoms with E-state index < -0.39 is 0 Å². The average molecular weight is 207 g/mol. The van der Waals surface area contributed by atoms with E-state index in [-0.39, 0.29) is 5.60 Å². The molecular formula is C13H21NO. The zero-order valence-corrected chi connectivity index (χ0v) is 9.92. The number of nitrogens with one attached hydrogen (secondary N) is 1. The molecule has 0 unspecified atom stereocenters. The van der Waals surface area contributed by atoms with Crippen molar-refractivity contribution in [2.24, 2.45) is 0 Å². The standard InChI is InChI=1S/C13H21NO/c1-13(2,3)15-14-11-7-10-12-8-5-4-6-9-12/h4-6,8-9,14H,7,10-11H2,1-3H3. The summed E-state index contributed by atoms with van der Waals surface area (Å²) in [6.07, 6.45) is 2.20. The van der Waals surface area contributed by atoms with Gasteiger partial charge >= 0.3 is 0 Å². The van der Waals surface area contributed by atoms with Crippen LogP contribution in [0.25, 0.3) is 0 Å². The van der Waals surface area contributed by atoms with Crippen LogP contribution in [0, 0.1) is 0 Å². The lowest BCUT2D eigenvalue weighted by Gasteiger charge is -2.19. The predicted molar refractivity (Wildman–Crippen MR) is 63.6 cm³/mol. The number of hydroxylamine groups is 1. The molecule has 0 aromatic heterocycles. The molecule has 1 N–H and O–H groups in total. The SMILES string of the molecule is CC(C)(C)ONCCCc1ccccc1. The quantitative estimate of drug-likeness (QED) is 0.592. The molecule has 0 spiro atoms. The Morgan fingerprint density at radius 3 is 2.40 bits per heavy atom. The van der Waals surface area contributed by atoms with E-state index in [0.717, 1.165) is 19.4 Å².